The van der Waals surface area contributed by atoms with Crippen molar-refractivity contribution in [2.75, 3.05) is 0 Å². The number of halogens is 2. The highest BCUT2D eigenvalue weighted by molar-refractivity contribution is 6.42. The molecule has 0 fully saturated rings. The third kappa shape index (κ3) is 2.76. The molecule has 114 valence electrons. The Morgan fingerprint density at radius 2 is 1.74 bits per heavy atom. The predicted octanol–water partition coefficient (Wildman–Crippen LogP) is 4.38. The maximum atomic E-state index is 6.09. The molecule has 0 spiro atoms. The summed E-state index contributed by atoms with van der Waals surface area (Å²) in [5.41, 5.74) is 8.04. The van der Waals surface area contributed by atoms with Crippen molar-refractivity contribution in [3.05, 3.63) is 70.0 Å². The van der Waals surface area contributed by atoms with E-state index in [2.05, 4.69) is 26.6 Å². The Kier molecular flexibility index (Phi) is 3.63. The number of hydrogen-bond donors (Lipinski definition) is 1. The Morgan fingerprint density at radius 3 is 2.57 bits per heavy atom. The Hall–Kier alpha value is -2.17. The van der Waals surface area contributed by atoms with Gasteiger partial charge in [0.25, 0.3) is 0 Å². The van der Waals surface area contributed by atoms with E-state index in [1.807, 2.05) is 24.3 Å². The zero-order valence-electron chi connectivity index (χ0n) is 12.0. The van der Waals surface area contributed by atoms with Gasteiger partial charge in [-0.25, -0.2) is 0 Å². The van der Waals surface area contributed by atoms with Crippen molar-refractivity contribution in [1.29, 1.82) is 0 Å². The zero-order chi connectivity index (χ0) is 15.8. The smallest absolute Gasteiger partial charge is 0.0890 e. The van der Waals surface area contributed by atoms with Crippen LogP contribution in [0.15, 0.2) is 53.9 Å². The normalized spacial score (nSPS) is 17.1. The molecular formula is C17H12Cl2N4. The number of benzene rings is 2. The fourth-order valence-electron chi connectivity index (χ4n) is 2.69. The van der Waals surface area contributed by atoms with Gasteiger partial charge in [0.2, 0.25) is 0 Å². The zero-order valence-corrected chi connectivity index (χ0v) is 13.5. The molecule has 1 aromatic heterocycles. The number of nitrogens with zero attached hydrogens (tertiary/aromatic N) is 3. The number of rotatable bonds is 2. The van der Waals surface area contributed by atoms with Gasteiger partial charge in [0, 0.05) is 18.8 Å². The maximum absolute atomic E-state index is 6.09. The van der Waals surface area contributed by atoms with Gasteiger partial charge in [0.15, 0.2) is 0 Å². The first-order chi connectivity index (χ1) is 11.2. The first kappa shape index (κ1) is 14.4. The second kappa shape index (κ2) is 5.80. The monoisotopic (exact) mass is 342 g/mol. The molecule has 2 heterocycles. The summed E-state index contributed by atoms with van der Waals surface area (Å²) in [4.78, 5) is 8.64. The quantitative estimate of drug-likeness (QED) is 0.751. The molecule has 1 atom stereocenters. The van der Waals surface area contributed by atoms with Gasteiger partial charge >= 0.3 is 0 Å². The first-order valence-corrected chi connectivity index (χ1v) is 7.94. The van der Waals surface area contributed by atoms with Gasteiger partial charge in [-0.3, -0.25) is 9.97 Å². The molecule has 6 heteroatoms. The highest BCUT2D eigenvalue weighted by atomic mass is 35.5. The van der Waals surface area contributed by atoms with Crippen LogP contribution >= 0.6 is 23.2 Å². The molecule has 0 amide bonds. The molecule has 3 aromatic rings. The topological polar surface area (TPSA) is 50.2 Å². The fourth-order valence-corrected chi connectivity index (χ4v) is 2.99. The van der Waals surface area contributed by atoms with Crippen molar-refractivity contribution in [3.63, 3.8) is 0 Å². The van der Waals surface area contributed by atoms with Gasteiger partial charge in [-0.15, -0.1) is 0 Å². The summed E-state index contributed by atoms with van der Waals surface area (Å²) in [6, 6.07) is 11.8. The van der Waals surface area contributed by atoms with Crippen LogP contribution in [0.5, 0.6) is 0 Å². The van der Waals surface area contributed by atoms with Gasteiger partial charge in [0.1, 0.15) is 0 Å². The number of fused-ring (bicyclic) bond motifs is 1. The first-order valence-electron chi connectivity index (χ1n) is 7.19. The lowest BCUT2D eigenvalue weighted by molar-refractivity contribution is 0.620. The fraction of sp³-hybridized carbons (Fsp3) is 0.118. The summed E-state index contributed by atoms with van der Waals surface area (Å²) in [5, 5.41) is 5.53. The van der Waals surface area contributed by atoms with Crippen molar-refractivity contribution in [2.45, 2.75) is 12.5 Å². The minimum Gasteiger partial charge on any atom is -0.302 e. The molecule has 0 bridgehead atoms. The summed E-state index contributed by atoms with van der Waals surface area (Å²) < 4.78 is 0. The lowest BCUT2D eigenvalue weighted by Gasteiger charge is -2.10. The van der Waals surface area contributed by atoms with E-state index >= 15 is 0 Å². The van der Waals surface area contributed by atoms with Crippen LogP contribution in [-0.2, 0) is 0 Å². The Bertz CT molecular complexity index is 923. The molecule has 0 saturated carbocycles. The van der Waals surface area contributed by atoms with Gasteiger partial charge in [-0.05, 0) is 35.4 Å². The molecule has 4 nitrogen and oxygen atoms in total. The van der Waals surface area contributed by atoms with E-state index in [4.69, 9.17) is 23.2 Å². The molecular weight excluding hydrogens is 331 g/mol. The third-order valence-electron chi connectivity index (χ3n) is 3.90. The van der Waals surface area contributed by atoms with E-state index < -0.39 is 0 Å². The summed E-state index contributed by atoms with van der Waals surface area (Å²) >= 11 is 12.1. The minimum atomic E-state index is 0.117. The highest BCUT2D eigenvalue weighted by Gasteiger charge is 2.22. The number of aromatic nitrogens is 2. The predicted molar refractivity (Wildman–Crippen MR) is 93.0 cm³/mol. The Balaban J connectivity index is 1.59. The van der Waals surface area contributed by atoms with Crippen LogP contribution in [-0.4, -0.2) is 15.7 Å². The van der Waals surface area contributed by atoms with E-state index in [1.54, 1.807) is 18.5 Å². The van der Waals surface area contributed by atoms with Gasteiger partial charge in [-0.2, -0.15) is 5.10 Å². The number of nitrogens with one attached hydrogen (secondary N) is 1. The van der Waals surface area contributed by atoms with Crippen molar-refractivity contribution < 1.29 is 0 Å². The summed E-state index contributed by atoms with van der Waals surface area (Å²) in [7, 11) is 0. The number of hydrazone groups is 1. The van der Waals surface area contributed by atoms with Crippen molar-refractivity contribution in [2.24, 2.45) is 5.10 Å². The number of hydrogen-bond acceptors (Lipinski definition) is 4. The third-order valence-corrected chi connectivity index (χ3v) is 4.64. The van der Waals surface area contributed by atoms with Crippen LogP contribution in [0.2, 0.25) is 10.0 Å². The van der Waals surface area contributed by atoms with Gasteiger partial charge in [-0.1, -0.05) is 35.3 Å². The van der Waals surface area contributed by atoms with Crippen molar-refractivity contribution in [3.8, 4) is 0 Å². The van der Waals surface area contributed by atoms with Crippen LogP contribution < -0.4 is 5.43 Å². The maximum Gasteiger partial charge on any atom is 0.0890 e. The van der Waals surface area contributed by atoms with E-state index in [0.717, 1.165) is 34.3 Å². The van der Waals surface area contributed by atoms with Crippen LogP contribution in [0.3, 0.4) is 0 Å². The molecule has 0 radical (unpaired) electrons. The van der Waals surface area contributed by atoms with Crippen LogP contribution in [0.1, 0.15) is 23.6 Å². The van der Waals surface area contributed by atoms with Crippen LogP contribution in [0, 0.1) is 0 Å². The van der Waals surface area contributed by atoms with E-state index in [1.165, 1.54) is 0 Å². The lowest BCUT2D eigenvalue weighted by atomic mass is 9.99. The van der Waals surface area contributed by atoms with Crippen molar-refractivity contribution >= 4 is 39.9 Å². The Labute approximate surface area is 143 Å². The average molecular weight is 343 g/mol. The summed E-state index contributed by atoms with van der Waals surface area (Å²) in [6.07, 6.45) is 4.18. The second-order valence-corrected chi connectivity index (χ2v) is 6.19. The molecule has 2 aromatic carbocycles. The average Bonchev–Trinajstić information content (AvgIpc) is 3.07. The van der Waals surface area contributed by atoms with Crippen LogP contribution in [0.25, 0.3) is 11.0 Å². The largest absolute Gasteiger partial charge is 0.302 e. The van der Waals surface area contributed by atoms with Crippen molar-refractivity contribution in [1.82, 2.24) is 15.4 Å². The molecule has 1 N–H and O–H groups in total. The summed E-state index contributed by atoms with van der Waals surface area (Å²) in [5.74, 6) is 0. The van der Waals surface area contributed by atoms with E-state index in [9.17, 15) is 0 Å². The second-order valence-electron chi connectivity index (χ2n) is 5.38. The molecule has 4 rings (SSSR count). The van der Waals surface area contributed by atoms with Gasteiger partial charge in [0.05, 0.1) is 32.8 Å². The highest BCUT2D eigenvalue weighted by Crippen LogP contribution is 2.29. The molecule has 0 saturated heterocycles. The van der Waals surface area contributed by atoms with E-state index in [0.29, 0.717) is 10.0 Å². The summed E-state index contributed by atoms with van der Waals surface area (Å²) in [6.45, 7) is 0. The van der Waals surface area contributed by atoms with Gasteiger partial charge < -0.3 is 5.43 Å². The minimum absolute atomic E-state index is 0.117. The lowest BCUT2D eigenvalue weighted by Crippen LogP contribution is -2.10. The standard InChI is InChI=1S/C17H12Cl2N4/c18-12-3-1-10(7-13(12)19)15-9-16(23-22-15)11-2-4-14-17(8-11)21-6-5-20-14/h1-8,16,23H,9H2. The molecule has 1 unspecified atom stereocenters. The molecule has 1 aliphatic rings. The van der Waals surface area contributed by atoms with E-state index in [-0.39, 0.29) is 6.04 Å². The van der Waals surface area contributed by atoms with Crippen LogP contribution in [0.4, 0.5) is 0 Å². The SMILES string of the molecule is Clc1ccc(C2=NNC(c3ccc4nccnc4c3)C2)cc1Cl. The molecule has 23 heavy (non-hydrogen) atoms. The molecule has 0 aliphatic carbocycles. The molecule has 1 aliphatic heterocycles. The Morgan fingerprint density at radius 1 is 0.913 bits per heavy atom.